The molecule has 2 N–H and O–H groups in total. The van der Waals surface area contributed by atoms with Crippen molar-refractivity contribution < 1.29 is 10.2 Å². The van der Waals surface area contributed by atoms with E-state index in [1.54, 1.807) is 12.1 Å². The Hall–Kier alpha value is -3.24. The first-order valence-electron chi connectivity index (χ1n) is 12.0. The van der Waals surface area contributed by atoms with Gasteiger partial charge in [0.2, 0.25) is 0 Å². The molecule has 3 aliphatic rings. The van der Waals surface area contributed by atoms with E-state index in [2.05, 4.69) is 59.2 Å². The van der Waals surface area contributed by atoms with Crippen LogP contribution in [0.5, 0.6) is 11.5 Å². The number of nitrogens with zero attached hydrogens (tertiary/aromatic N) is 2. The van der Waals surface area contributed by atoms with Gasteiger partial charge in [-0.25, -0.2) is 0 Å². The number of hydrogen-bond donors (Lipinski definition) is 2. The molecule has 168 valence electrons. The van der Waals surface area contributed by atoms with Crippen molar-refractivity contribution in [3.8, 4) is 11.5 Å². The normalized spacial score (nSPS) is 21.8. The van der Waals surface area contributed by atoms with Crippen molar-refractivity contribution >= 4 is 11.3 Å². The fourth-order valence-corrected chi connectivity index (χ4v) is 6.10. The van der Waals surface area contributed by atoms with Crippen LogP contribution in [0.4, 0.5) is 5.69 Å². The number of aromatic hydroxyl groups is 2. The van der Waals surface area contributed by atoms with E-state index in [0.717, 1.165) is 51.1 Å². The molecule has 1 spiro atoms. The fraction of sp³-hybridized carbons (Fsp3) is 0.310. The molecule has 33 heavy (non-hydrogen) atoms. The highest BCUT2D eigenvalue weighted by atomic mass is 16.3. The molecular weight excluding hydrogens is 408 g/mol. The molecule has 1 atom stereocenters. The average Bonchev–Trinajstić information content (AvgIpc) is 3.37. The molecule has 4 heteroatoms. The van der Waals surface area contributed by atoms with Gasteiger partial charge in [0.05, 0.1) is 0 Å². The first-order chi connectivity index (χ1) is 16.1. The highest BCUT2D eigenvalue weighted by Crippen LogP contribution is 2.54. The molecule has 0 aromatic heterocycles. The van der Waals surface area contributed by atoms with Crippen molar-refractivity contribution in [2.24, 2.45) is 0 Å². The van der Waals surface area contributed by atoms with E-state index in [1.165, 1.54) is 33.5 Å². The molecule has 1 saturated heterocycles. The van der Waals surface area contributed by atoms with Crippen molar-refractivity contribution in [2.75, 3.05) is 37.6 Å². The quantitative estimate of drug-likeness (QED) is 0.610. The summed E-state index contributed by atoms with van der Waals surface area (Å²) in [5.41, 5.74) is 8.30. The lowest BCUT2D eigenvalue weighted by Gasteiger charge is -2.35. The maximum atomic E-state index is 10.4. The standard InChI is InChI=1S/C29H30N2O2/c1-2-30-12-14-31(15-13-30)22-5-3-4-20(16-22)26-19-29(28-9-7-24(33)18-25(26)28)11-10-21-17-23(32)6-8-27(21)29/h3-9,16-19,32-33H,2,10-15H2,1H3. The van der Waals surface area contributed by atoms with Gasteiger partial charge in [0.1, 0.15) is 11.5 Å². The molecule has 1 heterocycles. The second-order valence-corrected chi connectivity index (χ2v) is 9.57. The number of allylic oxidation sites excluding steroid dienone is 1. The number of rotatable bonds is 3. The SMILES string of the molecule is CCN1CCN(c2cccc(C3=CC4(CCc5cc(O)ccc54)c4ccc(O)cc43)c2)CC1. The lowest BCUT2D eigenvalue weighted by atomic mass is 9.77. The van der Waals surface area contributed by atoms with E-state index >= 15 is 0 Å². The van der Waals surface area contributed by atoms with Crippen molar-refractivity contribution in [1.82, 2.24) is 4.90 Å². The molecule has 1 aliphatic heterocycles. The molecule has 6 rings (SSSR count). The number of benzene rings is 3. The van der Waals surface area contributed by atoms with Gasteiger partial charge >= 0.3 is 0 Å². The van der Waals surface area contributed by atoms with Crippen molar-refractivity contribution in [3.05, 3.63) is 94.6 Å². The van der Waals surface area contributed by atoms with Crippen molar-refractivity contribution in [3.63, 3.8) is 0 Å². The Kier molecular flexibility index (Phi) is 4.73. The Morgan fingerprint density at radius 2 is 1.61 bits per heavy atom. The van der Waals surface area contributed by atoms with Gasteiger partial charge in [-0.1, -0.05) is 37.3 Å². The number of hydrogen-bond acceptors (Lipinski definition) is 4. The van der Waals surface area contributed by atoms with Gasteiger partial charge < -0.3 is 20.0 Å². The van der Waals surface area contributed by atoms with Gasteiger partial charge in [0.15, 0.2) is 0 Å². The molecule has 1 unspecified atom stereocenters. The lowest BCUT2D eigenvalue weighted by molar-refractivity contribution is 0.271. The molecule has 3 aromatic rings. The van der Waals surface area contributed by atoms with Crippen LogP contribution < -0.4 is 4.90 Å². The van der Waals surface area contributed by atoms with Crippen molar-refractivity contribution in [1.29, 1.82) is 0 Å². The summed E-state index contributed by atoms with van der Waals surface area (Å²) in [7, 11) is 0. The second-order valence-electron chi connectivity index (χ2n) is 9.57. The maximum absolute atomic E-state index is 10.4. The third kappa shape index (κ3) is 3.24. The number of aryl methyl sites for hydroxylation is 1. The van der Waals surface area contributed by atoms with Crippen LogP contribution in [0.15, 0.2) is 66.7 Å². The number of anilines is 1. The maximum Gasteiger partial charge on any atom is 0.116 e. The molecule has 3 aromatic carbocycles. The van der Waals surface area contributed by atoms with Crippen LogP contribution in [0.3, 0.4) is 0 Å². The predicted molar refractivity (Wildman–Crippen MR) is 133 cm³/mol. The smallest absolute Gasteiger partial charge is 0.116 e. The molecule has 4 nitrogen and oxygen atoms in total. The minimum atomic E-state index is -0.204. The van der Waals surface area contributed by atoms with E-state index in [0.29, 0.717) is 11.5 Å². The van der Waals surface area contributed by atoms with Gasteiger partial charge in [0, 0.05) is 37.3 Å². The molecule has 2 aliphatic carbocycles. The molecule has 0 bridgehead atoms. The Morgan fingerprint density at radius 1 is 0.848 bits per heavy atom. The summed E-state index contributed by atoms with van der Waals surface area (Å²) < 4.78 is 0. The third-order valence-corrected chi connectivity index (χ3v) is 7.86. The van der Waals surface area contributed by atoms with E-state index in [1.807, 2.05) is 12.1 Å². The number of phenols is 2. The summed E-state index contributed by atoms with van der Waals surface area (Å²) in [5.74, 6) is 0.627. The zero-order chi connectivity index (χ0) is 22.6. The zero-order valence-corrected chi connectivity index (χ0v) is 19.1. The number of phenolic OH excluding ortho intramolecular Hbond substituents is 2. The van der Waals surface area contributed by atoms with Crippen LogP contribution in [0.25, 0.3) is 5.57 Å². The Labute approximate surface area is 195 Å². The summed E-state index contributed by atoms with van der Waals surface area (Å²) in [6, 6.07) is 20.5. The first kappa shape index (κ1) is 20.4. The number of piperazine rings is 1. The summed E-state index contributed by atoms with van der Waals surface area (Å²) >= 11 is 0. The predicted octanol–water partition coefficient (Wildman–Crippen LogP) is 4.92. The minimum absolute atomic E-state index is 0.204. The van der Waals surface area contributed by atoms with Gasteiger partial charge in [-0.05, 0) is 89.2 Å². The molecule has 0 amide bonds. The third-order valence-electron chi connectivity index (χ3n) is 7.86. The van der Waals surface area contributed by atoms with Crippen LogP contribution in [0.1, 0.15) is 41.2 Å². The van der Waals surface area contributed by atoms with Gasteiger partial charge in [0.25, 0.3) is 0 Å². The molecule has 0 radical (unpaired) electrons. The topological polar surface area (TPSA) is 46.9 Å². The van der Waals surface area contributed by atoms with E-state index in [-0.39, 0.29) is 5.41 Å². The first-order valence-corrected chi connectivity index (χ1v) is 12.0. The summed E-state index contributed by atoms with van der Waals surface area (Å²) in [5, 5.41) is 20.4. The van der Waals surface area contributed by atoms with E-state index < -0.39 is 0 Å². The number of likely N-dealkylation sites (N-methyl/N-ethyl adjacent to an activating group) is 1. The summed E-state index contributed by atoms with van der Waals surface area (Å²) in [4.78, 5) is 4.98. The molecular formula is C29H30N2O2. The lowest BCUT2D eigenvalue weighted by Crippen LogP contribution is -2.46. The highest BCUT2D eigenvalue weighted by Gasteiger charge is 2.44. The van der Waals surface area contributed by atoms with E-state index in [4.69, 9.17) is 0 Å². The molecule has 1 fully saturated rings. The van der Waals surface area contributed by atoms with Crippen LogP contribution >= 0.6 is 0 Å². The fourth-order valence-electron chi connectivity index (χ4n) is 6.10. The Morgan fingerprint density at radius 3 is 2.39 bits per heavy atom. The second kappa shape index (κ2) is 7.67. The minimum Gasteiger partial charge on any atom is -0.508 e. The average molecular weight is 439 g/mol. The molecule has 0 saturated carbocycles. The largest absolute Gasteiger partial charge is 0.508 e. The zero-order valence-electron chi connectivity index (χ0n) is 19.1. The van der Waals surface area contributed by atoms with Crippen molar-refractivity contribution in [2.45, 2.75) is 25.2 Å². The number of fused-ring (bicyclic) bond motifs is 4. The van der Waals surface area contributed by atoms with Crippen LogP contribution in [0, 0.1) is 0 Å². The Bertz CT molecular complexity index is 1260. The van der Waals surface area contributed by atoms with Gasteiger partial charge in [-0.15, -0.1) is 0 Å². The van der Waals surface area contributed by atoms with Gasteiger partial charge in [-0.3, -0.25) is 0 Å². The van der Waals surface area contributed by atoms with Crippen LogP contribution in [-0.4, -0.2) is 47.8 Å². The monoisotopic (exact) mass is 438 g/mol. The van der Waals surface area contributed by atoms with Crippen LogP contribution in [0.2, 0.25) is 0 Å². The highest BCUT2D eigenvalue weighted by molar-refractivity contribution is 5.90. The summed E-state index contributed by atoms with van der Waals surface area (Å²) in [6.45, 7) is 7.65. The Balaban J connectivity index is 1.44. The summed E-state index contributed by atoms with van der Waals surface area (Å²) in [6.07, 6.45) is 4.33. The van der Waals surface area contributed by atoms with E-state index in [9.17, 15) is 10.2 Å². The van der Waals surface area contributed by atoms with Crippen LogP contribution in [-0.2, 0) is 11.8 Å². The van der Waals surface area contributed by atoms with Gasteiger partial charge in [-0.2, -0.15) is 0 Å².